The Morgan fingerprint density at radius 3 is 2.90 bits per heavy atom. The number of rotatable bonds is 4. The molecule has 0 atom stereocenters. The van der Waals surface area contributed by atoms with Crippen LogP contribution in [0, 0.1) is 6.92 Å². The molecule has 3 rings (SSSR count). The maximum Gasteiger partial charge on any atom is 0.183 e. The molecule has 0 saturated heterocycles. The summed E-state index contributed by atoms with van der Waals surface area (Å²) in [4.78, 5) is 15.6. The van der Waals surface area contributed by atoms with Crippen molar-refractivity contribution in [1.82, 2.24) is 19.9 Å². The lowest BCUT2D eigenvalue weighted by molar-refractivity contribution is 0.932. The highest BCUT2D eigenvalue weighted by atomic mass is 15.0. The van der Waals surface area contributed by atoms with Crippen LogP contribution in [0.1, 0.15) is 11.4 Å². The first-order valence-corrected chi connectivity index (χ1v) is 6.48. The van der Waals surface area contributed by atoms with Crippen molar-refractivity contribution >= 4 is 22.7 Å². The molecular weight excluding hydrogens is 252 g/mol. The summed E-state index contributed by atoms with van der Waals surface area (Å²) < 4.78 is 0. The van der Waals surface area contributed by atoms with Crippen molar-refractivity contribution in [3.8, 4) is 0 Å². The van der Waals surface area contributed by atoms with Gasteiger partial charge in [0.1, 0.15) is 17.7 Å². The number of imidazole rings is 1. The Hall–Kier alpha value is -2.63. The van der Waals surface area contributed by atoms with Crippen LogP contribution in [-0.4, -0.2) is 26.5 Å². The number of benzene rings is 1. The molecule has 0 aliphatic carbocycles. The molecule has 102 valence electrons. The third-order valence-electron chi connectivity index (χ3n) is 3.19. The summed E-state index contributed by atoms with van der Waals surface area (Å²) in [5.74, 6) is 1.29. The van der Waals surface area contributed by atoms with Crippen molar-refractivity contribution in [1.29, 1.82) is 0 Å². The Labute approximate surface area is 116 Å². The molecule has 0 radical (unpaired) electrons. The molecule has 2 aromatic heterocycles. The third-order valence-corrected chi connectivity index (χ3v) is 3.19. The van der Waals surface area contributed by atoms with E-state index in [2.05, 4.69) is 44.3 Å². The second-order valence-corrected chi connectivity index (χ2v) is 4.63. The molecule has 0 amide bonds. The summed E-state index contributed by atoms with van der Waals surface area (Å²) in [7, 11) is 0. The van der Waals surface area contributed by atoms with Gasteiger partial charge in [-0.25, -0.2) is 15.0 Å². The average Bonchev–Trinajstić information content (AvgIpc) is 2.85. The second-order valence-electron chi connectivity index (χ2n) is 4.63. The van der Waals surface area contributed by atoms with Crippen molar-refractivity contribution < 1.29 is 0 Å². The minimum Gasteiger partial charge on any atom is -0.384 e. The molecule has 6 nitrogen and oxygen atoms in total. The molecule has 1 aromatic carbocycles. The van der Waals surface area contributed by atoms with Crippen LogP contribution < -0.4 is 11.1 Å². The number of hydrogen-bond donors (Lipinski definition) is 3. The third kappa shape index (κ3) is 2.40. The maximum atomic E-state index is 5.77. The van der Waals surface area contributed by atoms with E-state index in [1.54, 1.807) is 0 Å². The van der Waals surface area contributed by atoms with Crippen LogP contribution in [0.2, 0.25) is 0 Å². The Morgan fingerprint density at radius 1 is 1.25 bits per heavy atom. The van der Waals surface area contributed by atoms with Crippen molar-refractivity contribution in [2.24, 2.45) is 0 Å². The van der Waals surface area contributed by atoms with Gasteiger partial charge in [-0.2, -0.15) is 0 Å². The van der Waals surface area contributed by atoms with Gasteiger partial charge in [-0.3, -0.25) is 0 Å². The number of nitrogen functional groups attached to an aromatic ring is 1. The monoisotopic (exact) mass is 268 g/mol. The number of nitrogens with zero attached hydrogens (tertiary/aromatic N) is 3. The fourth-order valence-electron chi connectivity index (χ4n) is 2.10. The van der Waals surface area contributed by atoms with Crippen LogP contribution in [0.4, 0.5) is 11.5 Å². The molecule has 4 N–H and O–H groups in total. The topological polar surface area (TPSA) is 92.5 Å². The molecule has 0 fully saturated rings. The van der Waals surface area contributed by atoms with Gasteiger partial charge in [-0.15, -0.1) is 0 Å². The van der Waals surface area contributed by atoms with Gasteiger partial charge < -0.3 is 16.0 Å². The zero-order chi connectivity index (χ0) is 13.9. The molecule has 0 saturated carbocycles. The van der Waals surface area contributed by atoms with Gasteiger partial charge in [0.05, 0.1) is 0 Å². The van der Waals surface area contributed by atoms with Crippen molar-refractivity contribution in [2.45, 2.75) is 13.3 Å². The van der Waals surface area contributed by atoms with E-state index in [4.69, 9.17) is 5.73 Å². The lowest BCUT2D eigenvalue weighted by Gasteiger charge is -2.07. The molecule has 6 heteroatoms. The summed E-state index contributed by atoms with van der Waals surface area (Å²) in [6.07, 6.45) is 2.19. The van der Waals surface area contributed by atoms with Gasteiger partial charge in [-0.1, -0.05) is 18.2 Å². The average molecular weight is 268 g/mol. The van der Waals surface area contributed by atoms with Gasteiger partial charge in [0.2, 0.25) is 0 Å². The highest BCUT2D eigenvalue weighted by molar-refractivity contribution is 5.80. The molecule has 0 spiro atoms. The predicted molar refractivity (Wildman–Crippen MR) is 79.5 cm³/mol. The first-order chi connectivity index (χ1) is 9.74. The zero-order valence-corrected chi connectivity index (χ0v) is 11.2. The summed E-state index contributed by atoms with van der Waals surface area (Å²) in [5, 5.41) is 3.39. The van der Waals surface area contributed by atoms with Gasteiger partial charge in [-0.05, 0) is 18.6 Å². The predicted octanol–water partition coefficient (Wildman–Crippen LogP) is 1.90. The van der Waals surface area contributed by atoms with E-state index < -0.39 is 0 Å². The largest absolute Gasteiger partial charge is 0.384 e. The van der Waals surface area contributed by atoms with E-state index >= 15 is 0 Å². The quantitative estimate of drug-likeness (QED) is 0.672. The minimum absolute atomic E-state index is 0.431. The number of nitrogens with two attached hydrogens (primary N) is 1. The molecule has 0 bridgehead atoms. The van der Waals surface area contributed by atoms with Crippen LogP contribution in [0.3, 0.4) is 0 Å². The van der Waals surface area contributed by atoms with E-state index in [0.717, 1.165) is 24.5 Å². The lowest BCUT2D eigenvalue weighted by atomic mass is 10.2. The standard InChI is InChI=1S/C14H16N6/c1-9-4-2-3-5-10(9)16-7-6-11-19-12-13(15)17-8-18-14(12)20-11/h2-5,8,16H,6-7H2,1H3,(H3,15,17,18,19,20). The fraction of sp³-hybridized carbons (Fsp3) is 0.214. The van der Waals surface area contributed by atoms with E-state index in [1.807, 2.05) is 12.1 Å². The Balaban J connectivity index is 1.68. The van der Waals surface area contributed by atoms with Crippen molar-refractivity contribution in [3.05, 3.63) is 42.0 Å². The molecule has 0 aliphatic heterocycles. The van der Waals surface area contributed by atoms with Gasteiger partial charge in [0, 0.05) is 18.7 Å². The van der Waals surface area contributed by atoms with E-state index in [9.17, 15) is 0 Å². The number of nitrogens with one attached hydrogen (secondary N) is 2. The van der Waals surface area contributed by atoms with Crippen LogP contribution in [-0.2, 0) is 6.42 Å². The second kappa shape index (κ2) is 5.16. The van der Waals surface area contributed by atoms with E-state index in [0.29, 0.717) is 17.0 Å². The van der Waals surface area contributed by atoms with E-state index in [-0.39, 0.29) is 0 Å². The number of aromatic nitrogens is 4. The number of fused-ring (bicyclic) bond motifs is 1. The number of aromatic amines is 1. The van der Waals surface area contributed by atoms with Crippen LogP contribution in [0.15, 0.2) is 30.6 Å². The SMILES string of the molecule is Cc1ccccc1NCCc1nc2ncnc(N)c2[nH]1. The Kier molecular flexibility index (Phi) is 3.20. The number of anilines is 2. The summed E-state index contributed by atoms with van der Waals surface area (Å²) in [6, 6.07) is 8.20. The molecule has 2 heterocycles. The molecule has 20 heavy (non-hydrogen) atoms. The van der Waals surface area contributed by atoms with E-state index in [1.165, 1.54) is 11.9 Å². The van der Waals surface area contributed by atoms with Crippen molar-refractivity contribution in [3.63, 3.8) is 0 Å². The fourth-order valence-corrected chi connectivity index (χ4v) is 2.10. The number of para-hydroxylation sites is 1. The van der Waals surface area contributed by atoms with Gasteiger partial charge in [0.15, 0.2) is 11.5 Å². The summed E-state index contributed by atoms with van der Waals surface area (Å²) >= 11 is 0. The van der Waals surface area contributed by atoms with Gasteiger partial charge >= 0.3 is 0 Å². The minimum atomic E-state index is 0.431. The lowest BCUT2D eigenvalue weighted by Crippen LogP contribution is -2.06. The maximum absolute atomic E-state index is 5.77. The van der Waals surface area contributed by atoms with Gasteiger partial charge in [0.25, 0.3) is 0 Å². The Morgan fingerprint density at radius 2 is 2.10 bits per heavy atom. The Bertz CT molecular complexity index is 733. The normalized spacial score (nSPS) is 10.8. The van der Waals surface area contributed by atoms with Crippen LogP contribution in [0.5, 0.6) is 0 Å². The molecular formula is C14H16N6. The highest BCUT2D eigenvalue weighted by Crippen LogP contribution is 2.15. The summed E-state index contributed by atoms with van der Waals surface area (Å²) in [6.45, 7) is 2.87. The number of aryl methyl sites for hydroxylation is 1. The molecule has 0 aliphatic rings. The van der Waals surface area contributed by atoms with Crippen LogP contribution >= 0.6 is 0 Å². The number of H-pyrrole nitrogens is 1. The van der Waals surface area contributed by atoms with Crippen molar-refractivity contribution in [2.75, 3.05) is 17.6 Å². The molecule has 3 aromatic rings. The summed E-state index contributed by atoms with van der Waals surface area (Å²) in [5.41, 5.74) is 9.46. The smallest absolute Gasteiger partial charge is 0.183 e. The first kappa shape index (κ1) is 12.4. The number of hydrogen-bond acceptors (Lipinski definition) is 5. The first-order valence-electron chi connectivity index (χ1n) is 6.48. The van der Waals surface area contributed by atoms with Crippen LogP contribution in [0.25, 0.3) is 11.2 Å². The zero-order valence-electron chi connectivity index (χ0n) is 11.2. The molecule has 0 unspecified atom stereocenters. The highest BCUT2D eigenvalue weighted by Gasteiger charge is 2.07.